The summed E-state index contributed by atoms with van der Waals surface area (Å²) in [5.41, 5.74) is 0.468. The van der Waals surface area contributed by atoms with Crippen molar-refractivity contribution < 1.29 is 0 Å². The standard InChI is InChI=1S/C14H23Cl/c1-14(2,3)12-9-4-8-5-10(7-9)13(15)11(12)6-8/h8-13H,4-7H2,1-3H3/t8-,9+,10-,11+,12-,13-/m1/s1. The molecule has 0 aromatic heterocycles. The lowest BCUT2D eigenvalue weighted by Crippen LogP contribution is -2.54. The van der Waals surface area contributed by atoms with Crippen LogP contribution in [0.3, 0.4) is 0 Å². The molecule has 0 aromatic carbocycles. The Kier molecular flexibility index (Phi) is 2.20. The normalized spacial score (nSPS) is 53.6. The van der Waals surface area contributed by atoms with Crippen LogP contribution in [-0.2, 0) is 0 Å². The van der Waals surface area contributed by atoms with Crippen LogP contribution < -0.4 is 0 Å². The summed E-state index contributed by atoms with van der Waals surface area (Å²) >= 11 is 6.67. The maximum atomic E-state index is 6.67. The third kappa shape index (κ3) is 1.47. The fourth-order valence-electron chi connectivity index (χ4n) is 5.19. The Labute approximate surface area is 98.8 Å². The van der Waals surface area contributed by atoms with Crippen LogP contribution in [0.15, 0.2) is 0 Å². The highest BCUT2D eigenvalue weighted by atomic mass is 35.5. The molecule has 4 fully saturated rings. The molecule has 4 bridgehead atoms. The van der Waals surface area contributed by atoms with E-state index in [4.69, 9.17) is 11.6 Å². The Morgan fingerprint density at radius 1 is 0.933 bits per heavy atom. The van der Waals surface area contributed by atoms with Crippen LogP contribution in [0.4, 0.5) is 0 Å². The van der Waals surface area contributed by atoms with Crippen molar-refractivity contribution in [2.75, 3.05) is 0 Å². The molecule has 0 aromatic rings. The fourth-order valence-corrected chi connectivity index (χ4v) is 5.65. The van der Waals surface area contributed by atoms with Gasteiger partial charge in [0.2, 0.25) is 0 Å². The van der Waals surface area contributed by atoms with Crippen LogP contribution in [0.25, 0.3) is 0 Å². The highest BCUT2D eigenvalue weighted by Crippen LogP contribution is 2.61. The first kappa shape index (κ1) is 10.4. The van der Waals surface area contributed by atoms with Crippen LogP contribution in [-0.4, -0.2) is 5.38 Å². The molecule has 4 aliphatic carbocycles. The molecule has 15 heavy (non-hydrogen) atoms. The molecule has 0 spiro atoms. The van der Waals surface area contributed by atoms with Gasteiger partial charge in [0.15, 0.2) is 0 Å². The van der Waals surface area contributed by atoms with Gasteiger partial charge < -0.3 is 0 Å². The Balaban J connectivity index is 1.92. The summed E-state index contributed by atoms with van der Waals surface area (Å²) in [5, 5.41) is 0.502. The van der Waals surface area contributed by atoms with E-state index in [1.54, 1.807) is 0 Å². The SMILES string of the molecule is CC(C)(C)[C@@H]1[C@H]2C[C@@H]3C[C@H](C2)[C@@H](Cl)[C@H]1C3. The number of rotatable bonds is 0. The van der Waals surface area contributed by atoms with Gasteiger partial charge in [-0.15, -0.1) is 11.6 Å². The third-order valence-corrected chi connectivity index (χ3v) is 5.99. The highest BCUT2D eigenvalue weighted by Gasteiger charge is 2.55. The molecule has 0 amide bonds. The molecule has 6 atom stereocenters. The second-order valence-electron chi connectivity index (χ2n) is 7.33. The van der Waals surface area contributed by atoms with Crippen LogP contribution in [0, 0.1) is 35.0 Å². The summed E-state index contributed by atoms with van der Waals surface area (Å²) in [6.07, 6.45) is 5.82. The van der Waals surface area contributed by atoms with Gasteiger partial charge in [-0.2, -0.15) is 0 Å². The molecule has 0 saturated heterocycles. The minimum absolute atomic E-state index is 0.468. The first-order chi connectivity index (χ1) is 6.97. The molecule has 0 aliphatic heterocycles. The third-order valence-electron chi connectivity index (χ3n) is 5.31. The van der Waals surface area contributed by atoms with Gasteiger partial charge in [0.25, 0.3) is 0 Å². The Morgan fingerprint density at radius 2 is 1.60 bits per heavy atom. The monoisotopic (exact) mass is 226 g/mol. The van der Waals surface area contributed by atoms with E-state index in [2.05, 4.69) is 20.8 Å². The maximum absolute atomic E-state index is 6.67. The average Bonchev–Trinajstić information content (AvgIpc) is 2.10. The second-order valence-corrected chi connectivity index (χ2v) is 7.83. The van der Waals surface area contributed by atoms with Gasteiger partial charge in [0.1, 0.15) is 0 Å². The van der Waals surface area contributed by atoms with Gasteiger partial charge in [-0.3, -0.25) is 0 Å². The lowest BCUT2D eigenvalue weighted by molar-refractivity contribution is -0.0775. The van der Waals surface area contributed by atoms with Crippen molar-refractivity contribution in [1.29, 1.82) is 0 Å². The van der Waals surface area contributed by atoms with E-state index in [9.17, 15) is 0 Å². The molecule has 0 heterocycles. The molecule has 1 heteroatoms. The molecular formula is C14H23Cl. The Hall–Kier alpha value is 0.290. The van der Waals surface area contributed by atoms with Crippen molar-refractivity contribution in [3.63, 3.8) is 0 Å². The van der Waals surface area contributed by atoms with Crippen LogP contribution in [0.5, 0.6) is 0 Å². The van der Waals surface area contributed by atoms with Crippen molar-refractivity contribution in [3.05, 3.63) is 0 Å². The molecule has 86 valence electrons. The van der Waals surface area contributed by atoms with Gasteiger partial charge in [0.05, 0.1) is 0 Å². The van der Waals surface area contributed by atoms with E-state index < -0.39 is 0 Å². The lowest BCUT2D eigenvalue weighted by Gasteiger charge is -2.60. The summed E-state index contributed by atoms with van der Waals surface area (Å²) in [6, 6.07) is 0. The molecule has 0 unspecified atom stereocenters. The van der Waals surface area contributed by atoms with Crippen molar-refractivity contribution in [1.82, 2.24) is 0 Å². The zero-order valence-corrected chi connectivity index (χ0v) is 10.9. The number of halogens is 1. The molecule has 4 rings (SSSR count). The predicted molar refractivity (Wildman–Crippen MR) is 65.0 cm³/mol. The molecule has 0 nitrogen and oxygen atoms in total. The van der Waals surface area contributed by atoms with Crippen LogP contribution in [0.1, 0.15) is 46.5 Å². The van der Waals surface area contributed by atoms with Crippen LogP contribution >= 0.6 is 11.6 Å². The second kappa shape index (κ2) is 3.15. The maximum Gasteiger partial charge on any atom is 0.0395 e. The van der Waals surface area contributed by atoms with Gasteiger partial charge in [0, 0.05) is 5.38 Å². The van der Waals surface area contributed by atoms with E-state index in [1.807, 2.05) is 0 Å². The van der Waals surface area contributed by atoms with E-state index in [1.165, 1.54) is 25.7 Å². The number of alkyl halides is 1. The highest BCUT2D eigenvalue weighted by molar-refractivity contribution is 6.21. The molecule has 0 radical (unpaired) electrons. The first-order valence-corrected chi connectivity index (χ1v) is 7.04. The van der Waals surface area contributed by atoms with Gasteiger partial charge >= 0.3 is 0 Å². The van der Waals surface area contributed by atoms with E-state index >= 15 is 0 Å². The summed E-state index contributed by atoms with van der Waals surface area (Å²) in [4.78, 5) is 0. The largest absolute Gasteiger partial charge is 0.122 e. The molecule has 4 aliphatic rings. The predicted octanol–water partition coefficient (Wildman–Crippen LogP) is 4.32. The summed E-state index contributed by atoms with van der Waals surface area (Å²) < 4.78 is 0. The van der Waals surface area contributed by atoms with Crippen LogP contribution in [0.2, 0.25) is 0 Å². The summed E-state index contributed by atoms with van der Waals surface area (Å²) in [5.74, 6) is 4.64. The van der Waals surface area contributed by atoms with Crippen molar-refractivity contribution >= 4 is 11.6 Å². The van der Waals surface area contributed by atoms with Crippen molar-refractivity contribution in [2.24, 2.45) is 35.0 Å². The fraction of sp³-hybridized carbons (Fsp3) is 1.00. The molecule has 4 saturated carbocycles. The van der Waals surface area contributed by atoms with Crippen molar-refractivity contribution in [3.8, 4) is 0 Å². The smallest absolute Gasteiger partial charge is 0.0395 e. The number of hydrogen-bond donors (Lipinski definition) is 0. The van der Waals surface area contributed by atoms with E-state index in [0.717, 1.165) is 29.6 Å². The van der Waals surface area contributed by atoms with Gasteiger partial charge in [-0.1, -0.05) is 20.8 Å². The zero-order chi connectivity index (χ0) is 10.8. The number of hydrogen-bond acceptors (Lipinski definition) is 0. The quantitative estimate of drug-likeness (QED) is 0.540. The Bertz CT molecular complexity index is 265. The zero-order valence-electron chi connectivity index (χ0n) is 10.2. The Morgan fingerprint density at radius 3 is 2.27 bits per heavy atom. The topological polar surface area (TPSA) is 0 Å². The van der Waals surface area contributed by atoms with Crippen molar-refractivity contribution in [2.45, 2.75) is 51.8 Å². The lowest BCUT2D eigenvalue weighted by atomic mass is 9.47. The first-order valence-electron chi connectivity index (χ1n) is 6.61. The van der Waals surface area contributed by atoms with E-state index in [0.29, 0.717) is 10.8 Å². The summed E-state index contributed by atoms with van der Waals surface area (Å²) in [6.45, 7) is 7.26. The molecular weight excluding hydrogens is 204 g/mol. The van der Waals surface area contributed by atoms with Gasteiger partial charge in [-0.05, 0) is 60.7 Å². The minimum Gasteiger partial charge on any atom is -0.122 e. The minimum atomic E-state index is 0.468. The molecule has 0 N–H and O–H groups in total. The van der Waals surface area contributed by atoms with Gasteiger partial charge in [-0.25, -0.2) is 0 Å². The van der Waals surface area contributed by atoms with E-state index in [-0.39, 0.29) is 0 Å². The summed E-state index contributed by atoms with van der Waals surface area (Å²) in [7, 11) is 0. The average molecular weight is 227 g/mol.